The van der Waals surface area contributed by atoms with Crippen molar-refractivity contribution >= 4 is 36.6 Å². The van der Waals surface area contributed by atoms with E-state index in [2.05, 4.69) is 45.4 Å². The molecule has 4 atom stereocenters. The molecule has 0 aromatic heterocycles. The zero-order valence-electron chi connectivity index (χ0n) is 18.7. The minimum atomic E-state index is 0. The van der Waals surface area contributed by atoms with Gasteiger partial charge in [-0.25, -0.2) is 0 Å². The van der Waals surface area contributed by atoms with Gasteiger partial charge in [0.25, 0.3) is 0 Å². The summed E-state index contributed by atoms with van der Waals surface area (Å²) in [7, 11) is 0. The van der Waals surface area contributed by atoms with Gasteiger partial charge in [-0.1, -0.05) is 30.3 Å². The highest BCUT2D eigenvalue weighted by molar-refractivity contribution is 5.85. The second-order valence-corrected chi connectivity index (χ2v) is 9.60. The number of piperazine rings is 1. The summed E-state index contributed by atoms with van der Waals surface area (Å²) in [5.41, 5.74) is 1.31. The maximum Gasteiger partial charge on any atom is 0.236 e. The summed E-state index contributed by atoms with van der Waals surface area (Å²) in [6.07, 6.45) is 4.96. The third-order valence-electron chi connectivity index (χ3n) is 7.69. The molecule has 2 amide bonds. The van der Waals surface area contributed by atoms with Crippen LogP contribution in [-0.2, 0) is 16.0 Å². The van der Waals surface area contributed by atoms with E-state index < -0.39 is 0 Å². The van der Waals surface area contributed by atoms with Gasteiger partial charge in [0, 0.05) is 57.8 Å². The molecule has 1 aromatic rings. The molecule has 5 rings (SSSR count). The number of fused-ring (bicyclic) bond motifs is 4. The third kappa shape index (κ3) is 5.24. The molecule has 2 bridgehead atoms. The maximum atomic E-state index is 13.0. The van der Waals surface area contributed by atoms with Crippen molar-refractivity contribution in [2.45, 2.75) is 44.2 Å². The number of hydrogen-bond donors (Lipinski definition) is 1. The van der Waals surface area contributed by atoms with Crippen molar-refractivity contribution in [2.75, 3.05) is 45.8 Å². The fraction of sp³-hybridized carbons (Fsp3) is 0.667. The van der Waals surface area contributed by atoms with Gasteiger partial charge < -0.3 is 15.1 Å². The van der Waals surface area contributed by atoms with Gasteiger partial charge in [-0.2, -0.15) is 0 Å². The number of carbonyl (C=O) groups is 2. The predicted octanol–water partition coefficient (Wildman–Crippen LogP) is 2.21. The van der Waals surface area contributed by atoms with E-state index in [-0.39, 0.29) is 36.8 Å². The summed E-state index contributed by atoms with van der Waals surface area (Å²) in [5, 5.41) is 3.32. The molecular formula is C24H36Cl2N4O2. The monoisotopic (exact) mass is 482 g/mol. The quantitative estimate of drug-likeness (QED) is 0.714. The Balaban J connectivity index is 0.00000144. The van der Waals surface area contributed by atoms with Crippen LogP contribution < -0.4 is 5.32 Å². The van der Waals surface area contributed by atoms with E-state index in [9.17, 15) is 9.59 Å². The van der Waals surface area contributed by atoms with Gasteiger partial charge in [-0.05, 0) is 43.1 Å². The number of nitrogens with zero attached hydrogens (tertiary/aromatic N) is 3. The number of piperidine rings is 3. The topological polar surface area (TPSA) is 55.9 Å². The van der Waals surface area contributed by atoms with Crippen LogP contribution in [0.2, 0.25) is 0 Å². The second kappa shape index (κ2) is 11.2. The Bertz CT molecular complexity index is 775. The van der Waals surface area contributed by atoms with E-state index in [1.165, 1.54) is 12.0 Å². The van der Waals surface area contributed by atoms with E-state index in [0.29, 0.717) is 36.8 Å². The Hall–Kier alpha value is -1.34. The number of amides is 2. The first-order valence-corrected chi connectivity index (χ1v) is 11.7. The number of carbonyl (C=O) groups excluding carboxylic acids is 2. The number of likely N-dealkylation sites (tertiary alicyclic amines) is 1. The number of hydrogen-bond acceptors (Lipinski definition) is 4. The van der Waals surface area contributed by atoms with Crippen molar-refractivity contribution < 1.29 is 9.59 Å². The van der Waals surface area contributed by atoms with Crippen molar-refractivity contribution in [2.24, 2.45) is 11.8 Å². The average molecular weight is 483 g/mol. The van der Waals surface area contributed by atoms with Crippen LogP contribution in [0.1, 0.15) is 31.2 Å². The van der Waals surface area contributed by atoms with Crippen molar-refractivity contribution in [1.29, 1.82) is 0 Å². The van der Waals surface area contributed by atoms with Gasteiger partial charge in [0.1, 0.15) is 0 Å². The van der Waals surface area contributed by atoms with E-state index in [1.807, 2.05) is 4.90 Å². The molecule has 0 aliphatic carbocycles. The highest BCUT2D eigenvalue weighted by Crippen LogP contribution is 2.42. The van der Waals surface area contributed by atoms with Crippen LogP contribution in [-0.4, -0.2) is 84.4 Å². The lowest BCUT2D eigenvalue weighted by molar-refractivity contribution is -0.154. The summed E-state index contributed by atoms with van der Waals surface area (Å²) in [6, 6.07) is 11.2. The zero-order valence-corrected chi connectivity index (χ0v) is 20.3. The molecule has 1 aromatic carbocycles. The summed E-state index contributed by atoms with van der Waals surface area (Å²) >= 11 is 0. The summed E-state index contributed by atoms with van der Waals surface area (Å²) in [5.74, 6) is 1.59. The molecule has 6 nitrogen and oxygen atoms in total. The van der Waals surface area contributed by atoms with Crippen LogP contribution in [0.4, 0.5) is 0 Å². The Morgan fingerprint density at radius 2 is 1.75 bits per heavy atom. The molecule has 1 N–H and O–H groups in total. The van der Waals surface area contributed by atoms with Gasteiger partial charge in [0.15, 0.2) is 0 Å². The lowest BCUT2D eigenvalue weighted by atomic mass is 9.71. The summed E-state index contributed by atoms with van der Waals surface area (Å²) in [4.78, 5) is 32.6. The lowest BCUT2D eigenvalue weighted by Crippen LogP contribution is -2.66. The number of benzene rings is 1. The molecule has 0 unspecified atom stereocenters. The fourth-order valence-electron chi connectivity index (χ4n) is 6.32. The third-order valence-corrected chi connectivity index (χ3v) is 7.69. The molecule has 4 aliphatic heterocycles. The molecule has 0 saturated carbocycles. The Morgan fingerprint density at radius 3 is 2.50 bits per heavy atom. The second-order valence-electron chi connectivity index (χ2n) is 9.60. The Morgan fingerprint density at radius 1 is 1.03 bits per heavy atom. The van der Waals surface area contributed by atoms with Crippen LogP contribution in [0, 0.1) is 11.8 Å². The summed E-state index contributed by atoms with van der Waals surface area (Å²) in [6.45, 7) is 5.86. The van der Waals surface area contributed by atoms with Crippen molar-refractivity contribution in [1.82, 2.24) is 20.0 Å². The number of halogens is 2. The largest absolute Gasteiger partial charge is 0.339 e. The van der Waals surface area contributed by atoms with Gasteiger partial charge in [0.2, 0.25) is 11.8 Å². The summed E-state index contributed by atoms with van der Waals surface area (Å²) < 4.78 is 0. The molecule has 32 heavy (non-hydrogen) atoms. The Labute approximate surface area is 203 Å². The van der Waals surface area contributed by atoms with Crippen LogP contribution in [0.25, 0.3) is 0 Å². The van der Waals surface area contributed by atoms with Crippen LogP contribution >= 0.6 is 24.8 Å². The molecule has 178 valence electrons. The predicted molar refractivity (Wildman–Crippen MR) is 130 cm³/mol. The van der Waals surface area contributed by atoms with Crippen LogP contribution in [0.15, 0.2) is 30.3 Å². The van der Waals surface area contributed by atoms with E-state index >= 15 is 0 Å². The first-order valence-electron chi connectivity index (χ1n) is 11.7. The number of rotatable bonds is 4. The minimum Gasteiger partial charge on any atom is -0.339 e. The van der Waals surface area contributed by atoms with Gasteiger partial charge in [-0.3, -0.25) is 14.5 Å². The lowest BCUT2D eigenvalue weighted by Gasteiger charge is -2.56. The molecule has 8 heteroatoms. The highest BCUT2D eigenvalue weighted by Gasteiger charge is 2.49. The average Bonchev–Trinajstić information content (AvgIpc) is 2.78. The molecule has 0 radical (unpaired) electrons. The molecule has 4 aliphatic rings. The van der Waals surface area contributed by atoms with Gasteiger partial charge in [-0.15, -0.1) is 24.8 Å². The van der Waals surface area contributed by atoms with E-state index in [1.54, 1.807) is 0 Å². The van der Waals surface area contributed by atoms with E-state index in [4.69, 9.17) is 0 Å². The molecule has 4 saturated heterocycles. The minimum absolute atomic E-state index is 0. The van der Waals surface area contributed by atoms with Crippen molar-refractivity contribution in [3.8, 4) is 0 Å². The van der Waals surface area contributed by atoms with Crippen molar-refractivity contribution in [3.63, 3.8) is 0 Å². The van der Waals surface area contributed by atoms with Crippen molar-refractivity contribution in [3.05, 3.63) is 35.9 Å². The van der Waals surface area contributed by atoms with Gasteiger partial charge >= 0.3 is 0 Å². The fourth-order valence-corrected chi connectivity index (χ4v) is 6.32. The number of nitrogens with one attached hydrogen (secondary N) is 1. The molecular weight excluding hydrogens is 447 g/mol. The maximum absolute atomic E-state index is 13.0. The Kier molecular flexibility index (Phi) is 8.84. The molecule has 0 spiro atoms. The SMILES string of the molecule is Cl.Cl.O=C(CN1C[C@H]2C[C@@H](C1)[C@H](Cc1ccccc1)N1C(=O)CCC[C@@H]21)N1CCNCC1. The normalized spacial score (nSPS) is 30.1. The molecule has 4 fully saturated rings. The first-order chi connectivity index (χ1) is 14.7. The van der Waals surface area contributed by atoms with E-state index in [0.717, 1.165) is 58.5 Å². The van der Waals surface area contributed by atoms with Gasteiger partial charge in [0.05, 0.1) is 6.54 Å². The highest BCUT2D eigenvalue weighted by atomic mass is 35.5. The zero-order chi connectivity index (χ0) is 20.5. The van der Waals surface area contributed by atoms with Crippen LogP contribution in [0.3, 0.4) is 0 Å². The standard InChI is InChI=1S/C24H34N4O2.2ClH/c29-23-8-4-7-21-19-14-20(22(28(21)23)13-18-5-2-1-3-6-18)16-26(15-19)17-24(30)27-11-9-25-10-12-27;;/h1-3,5-6,19-22,25H,4,7-17H2;2*1H/t19-,20+,21+,22+;;/m1../s1. The first kappa shape index (κ1) is 25.3. The molecule has 4 heterocycles. The smallest absolute Gasteiger partial charge is 0.236 e. The van der Waals surface area contributed by atoms with Crippen LogP contribution in [0.5, 0.6) is 0 Å².